The van der Waals surface area contributed by atoms with Crippen molar-refractivity contribution in [3.8, 4) is 0 Å². The van der Waals surface area contributed by atoms with Crippen LogP contribution in [0.5, 0.6) is 0 Å². The second-order valence-electron chi connectivity index (χ2n) is 6.20. The summed E-state index contributed by atoms with van der Waals surface area (Å²) in [5.74, 6) is -1.15. The quantitative estimate of drug-likeness (QED) is 0.195. The molecule has 0 radical (unpaired) electrons. The van der Waals surface area contributed by atoms with Crippen LogP contribution in [-0.2, 0) is 9.59 Å². The number of nitro benzene ring substituents is 1. The lowest BCUT2D eigenvalue weighted by Gasteiger charge is -2.07. The normalized spacial score (nSPS) is 10.3. The van der Waals surface area contributed by atoms with E-state index in [9.17, 15) is 24.5 Å². The van der Waals surface area contributed by atoms with Crippen molar-refractivity contribution in [2.45, 2.75) is 11.3 Å². The fourth-order valence-corrected chi connectivity index (χ4v) is 4.06. The van der Waals surface area contributed by atoms with Gasteiger partial charge in [0.1, 0.15) is 5.56 Å². The summed E-state index contributed by atoms with van der Waals surface area (Å²) in [5.41, 5.74) is 0.675. The average Bonchev–Trinajstić information content (AvgIpc) is 3.19. The Balaban J connectivity index is 1.54. The largest absolute Gasteiger partial charge is 0.326 e. The van der Waals surface area contributed by atoms with E-state index in [-0.39, 0.29) is 33.9 Å². The fraction of sp³-hybridized carbons (Fsp3) is 0.105. The third-order valence-electron chi connectivity index (χ3n) is 3.77. The van der Waals surface area contributed by atoms with Crippen LogP contribution < -0.4 is 16.0 Å². The number of carbonyl (C=O) groups is 3. The maximum absolute atomic E-state index is 12.3. The molecule has 0 aliphatic carbocycles. The molecule has 0 unspecified atom stereocenters. The summed E-state index contributed by atoms with van der Waals surface area (Å²) in [4.78, 5) is 46.1. The Morgan fingerprint density at radius 3 is 2.47 bits per heavy atom. The molecule has 3 rings (SSSR count). The molecule has 1 aromatic heterocycles. The smallest absolute Gasteiger partial charge is 0.282 e. The standard InChI is InChI=1S/C19H16N6O5S2/c1-11(26)20-12-5-4-6-13(9-12)21-16(27)10-31-19-24-23-18(32-19)22-17(28)14-7-2-3-8-15(14)25(29)30/h2-9H,10H2,1H3,(H,20,26)(H,21,27)(H,22,23,28). The molecule has 3 aromatic rings. The van der Waals surface area contributed by atoms with Gasteiger partial charge in [0, 0.05) is 24.4 Å². The summed E-state index contributed by atoms with van der Waals surface area (Å²) in [7, 11) is 0. The van der Waals surface area contributed by atoms with E-state index >= 15 is 0 Å². The van der Waals surface area contributed by atoms with Gasteiger partial charge in [0.05, 0.1) is 10.7 Å². The first-order chi connectivity index (χ1) is 15.3. The predicted octanol–water partition coefficient (Wildman–Crippen LogP) is 3.39. The Morgan fingerprint density at radius 1 is 1.03 bits per heavy atom. The first-order valence-corrected chi connectivity index (χ1v) is 10.8. The highest BCUT2D eigenvalue weighted by Gasteiger charge is 2.20. The van der Waals surface area contributed by atoms with Crippen molar-refractivity contribution in [2.75, 3.05) is 21.7 Å². The number of para-hydroxylation sites is 1. The highest BCUT2D eigenvalue weighted by atomic mass is 32.2. The van der Waals surface area contributed by atoms with Gasteiger partial charge in [0.25, 0.3) is 11.6 Å². The van der Waals surface area contributed by atoms with Crippen LogP contribution in [0.3, 0.4) is 0 Å². The first-order valence-electron chi connectivity index (χ1n) is 9.00. The molecule has 0 saturated carbocycles. The number of rotatable bonds is 8. The molecule has 13 heteroatoms. The summed E-state index contributed by atoms with van der Waals surface area (Å²) in [6, 6.07) is 12.3. The van der Waals surface area contributed by atoms with Gasteiger partial charge in [-0.15, -0.1) is 10.2 Å². The van der Waals surface area contributed by atoms with Gasteiger partial charge < -0.3 is 10.6 Å². The zero-order chi connectivity index (χ0) is 23.1. The van der Waals surface area contributed by atoms with Crippen molar-refractivity contribution in [3.05, 3.63) is 64.2 Å². The molecule has 2 aromatic carbocycles. The van der Waals surface area contributed by atoms with Crippen LogP contribution in [-0.4, -0.2) is 38.6 Å². The van der Waals surface area contributed by atoms with Crippen LogP contribution in [0, 0.1) is 10.1 Å². The number of amides is 3. The van der Waals surface area contributed by atoms with E-state index in [1.165, 1.54) is 31.2 Å². The number of hydrogen-bond donors (Lipinski definition) is 3. The molecule has 0 bridgehead atoms. The second kappa shape index (κ2) is 10.5. The van der Waals surface area contributed by atoms with Crippen LogP contribution in [0.15, 0.2) is 52.9 Å². The first kappa shape index (κ1) is 22.8. The number of aromatic nitrogens is 2. The minimum Gasteiger partial charge on any atom is -0.326 e. The molecule has 0 aliphatic rings. The van der Waals surface area contributed by atoms with E-state index in [2.05, 4.69) is 26.1 Å². The molecule has 1 heterocycles. The van der Waals surface area contributed by atoms with Gasteiger partial charge in [-0.3, -0.25) is 29.8 Å². The molecule has 0 atom stereocenters. The van der Waals surface area contributed by atoms with E-state index in [0.717, 1.165) is 23.1 Å². The molecule has 164 valence electrons. The lowest BCUT2D eigenvalue weighted by atomic mass is 10.1. The second-order valence-corrected chi connectivity index (χ2v) is 8.40. The van der Waals surface area contributed by atoms with Gasteiger partial charge in [0.15, 0.2) is 4.34 Å². The molecule has 3 amide bonds. The van der Waals surface area contributed by atoms with Crippen LogP contribution in [0.4, 0.5) is 22.2 Å². The van der Waals surface area contributed by atoms with Gasteiger partial charge >= 0.3 is 0 Å². The third-order valence-corrected chi connectivity index (χ3v) is 5.74. The number of anilines is 3. The summed E-state index contributed by atoms with van der Waals surface area (Å²) in [6.45, 7) is 1.39. The average molecular weight is 473 g/mol. The van der Waals surface area contributed by atoms with Gasteiger partial charge in [0.2, 0.25) is 16.9 Å². The van der Waals surface area contributed by atoms with Crippen LogP contribution >= 0.6 is 23.1 Å². The summed E-state index contributed by atoms with van der Waals surface area (Å²) < 4.78 is 0.435. The maximum atomic E-state index is 12.3. The molecule has 11 nitrogen and oxygen atoms in total. The van der Waals surface area contributed by atoms with E-state index in [1.54, 1.807) is 24.3 Å². The van der Waals surface area contributed by atoms with E-state index in [1.807, 2.05) is 0 Å². The Hall–Kier alpha value is -3.84. The molecular formula is C19H16N6O5S2. The molecule has 0 fully saturated rings. The monoisotopic (exact) mass is 472 g/mol. The third kappa shape index (κ3) is 6.33. The number of benzene rings is 2. The highest BCUT2D eigenvalue weighted by Crippen LogP contribution is 2.27. The van der Waals surface area contributed by atoms with Crippen molar-refractivity contribution in [1.82, 2.24) is 10.2 Å². The molecule has 3 N–H and O–H groups in total. The molecular weight excluding hydrogens is 456 g/mol. The van der Waals surface area contributed by atoms with Crippen LogP contribution in [0.2, 0.25) is 0 Å². The minimum atomic E-state index is -0.679. The summed E-state index contributed by atoms with van der Waals surface area (Å²) in [5, 5.41) is 26.8. The Kier molecular flexibility index (Phi) is 7.46. The number of carbonyl (C=O) groups excluding carboxylic acids is 3. The Bertz CT molecular complexity index is 1180. The zero-order valence-electron chi connectivity index (χ0n) is 16.5. The van der Waals surface area contributed by atoms with Crippen LogP contribution in [0.1, 0.15) is 17.3 Å². The van der Waals surface area contributed by atoms with Crippen molar-refractivity contribution in [2.24, 2.45) is 0 Å². The van der Waals surface area contributed by atoms with Gasteiger partial charge in [-0.1, -0.05) is 41.3 Å². The lowest BCUT2D eigenvalue weighted by Crippen LogP contribution is -2.14. The van der Waals surface area contributed by atoms with Gasteiger partial charge in [-0.25, -0.2) is 0 Å². The molecule has 32 heavy (non-hydrogen) atoms. The summed E-state index contributed by atoms with van der Waals surface area (Å²) in [6.07, 6.45) is 0. The van der Waals surface area contributed by atoms with E-state index in [0.29, 0.717) is 15.7 Å². The number of nitro groups is 1. The van der Waals surface area contributed by atoms with Gasteiger partial charge in [-0.2, -0.15) is 0 Å². The molecule has 0 aliphatic heterocycles. The minimum absolute atomic E-state index is 0.0388. The SMILES string of the molecule is CC(=O)Nc1cccc(NC(=O)CSc2nnc(NC(=O)c3ccccc3[N+](=O)[O-])s2)c1. The van der Waals surface area contributed by atoms with Crippen molar-refractivity contribution >= 4 is 63.0 Å². The van der Waals surface area contributed by atoms with Crippen LogP contribution in [0.25, 0.3) is 0 Å². The summed E-state index contributed by atoms with van der Waals surface area (Å²) >= 11 is 2.16. The Morgan fingerprint density at radius 2 is 1.75 bits per heavy atom. The highest BCUT2D eigenvalue weighted by molar-refractivity contribution is 8.01. The molecule has 0 saturated heterocycles. The lowest BCUT2D eigenvalue weighted by molar-refractivity contribution is -0.385. The number of nitrogens with one attached hydrogen (secondary N) is 3. The Labute approximate surface area is 189 Å². The van der Waals surface area contributed by atoms with Crippen molar-refractivity contribution < 1.29 is 19.3 Å². The number of hydrogen-bond acceptors (Lipinski definition) is 9. The predicted molar refractivity (Wildman–Crippen MR) is 121 cm³/mol. The number of nitrogens with zero attached hydrogens (tertiary/aromatic N) is 3. The zero-order valence-corrected chi connectivity index (χ0v) is 18.2. The maximum Gasteiger partial charge on any atom is 0.282 e. The van der Waals surface area contributed by atoms with E-state index < -0.39 is 10.8 Å². The van der Waals surface area contributed by atoms with E-state index in [4.69, 9.17) is 0 Å². The van der Waals surface area contributed by atoms with Gasteiger partial charge in [-0.05, 0) is 24.3 Å². The van der Waals surface area contributed by atoms with Crippen molar-refractivity contribution in [1.29, 1.82) is 0 Å². The van der Waals surface area contributed by atoms with Crippen molar-refractivity contribution in [3.63, 3.8) is 0 Å². The topological polar surface area (TPSA) is 156 Å². The fourth-order valence-electron chi connectivity index (χ4n) is 2.51. The number of thioether (sulfide) groups is 1. The molecule has 0 spiro atoms.